The topological polar surface area (TPSA) is 43.6 Å². The van der Waals surface area contributed by atoms with Crippen LogP contribution in [0.4, 0.5) is 0 Å². The summed E-state index contributed by atoms with van der Waals surface area (Å²) in [6, 6.07) is 7.99. The molecule has 0 saturated carbocycles. The summed E-state index contributed by atoms with van der Waals surface area (Å²) in [6.45, 7) is 2.79. The molecule has 0 unspecified atom stereocenters. The van der Waals surface area contributed by atoms with Gasteiger partial charge < -0.3 is 4.57 Å². The summed E-state index contributed by atoms with van der Waals surface area (Å²) in [5.74, 6) is 1.26. The van der Waals surface area contributed by atoms with E-state index in [0.29, 0.717) is 5.88 Å². The fraction of sp³-hybridized carbons (Fsp3) is 0.267. The average molecular weight is 287 g/mol. The van der Waals surface area contributed by atoms with Crippen LogP contribution in [-0.4, -0.2) is 19.5 Å². The van der Waals surface area contributed by atoms with E-state index in [0.717, 1.165) is 35.6 Å². The molecule has 0 spiro atoms. The lowest BCUT2D eigenvalue weighted by Gasteiger charge is -2.07. The molecule has 0 aliphatic rings. The molecule has 20 heavy (non-hydrogen) atoms. The Hall–Kier alpha value is -1.94. The number of rotatable bonds is 4. The normalized spacial score (nSPS) is 11.1. The predicted octanol–water partition coefficient (Wildman–Crippen LogP) is 3.12. The van der Waals surface area contributed by atoms with Gasteiger partial charge in [-0.3, -0.25) is 4.98 Å². The highest BCUT2D eigenvalue weighted by molar-refractivity contribution is 6.16. The zero-order valence-electron chi connectivity index (χ0n) is 11.3. The fourth-order valence-electron chi connectivity index (χ4n) is 2.27. The third kappa shape index (κ3) is 2.51. The molecule has 3 aromatic rings. The molecule has 0 radical (unpaired) electrons. The molecule has 102 valence electrons. The van der Waals surface area contributed by atoms with E-state index < -0.39 is 0 Å². The molecule has 5 heteroatoms. The number of fused-ring (bicyclic) bond motifs is 1. The summed E-state index contributed by atoms with van der Waals surface area (Å²) >= 11 is 6.00. The second kappa shape index (κ2) is 5.59. The van der Waals surface area contributed by atoms with Gasteiger partial charge in [-0.25, -0.2) is 9.97 Å². The average Bonchev–Trinajstić information content (AvgIpc) is 2.83. The molecule has 3 heterocycles. The molecule has 4 nitrogen and oxygen atoms in total. The number of aromatic nitrogens is 4. The zero-order chi connectivity index (χ0) is 13.9. The third-order valence-corrected chi connectivity index (χ3v) is 3.52. The van der Waals surface area contributed by atoms with E-state index in [-0.39, 0.29) is 0 Å². The Morgan fingerprint density at radius 2 is 2.10 bits per heavy atom. The molecule has 0 bridgehead atoms. The highest BCUT2D eigenvalue weighted by Crippen LogP contribution is 2.17. The van der Waals surface area contributed by atoms with Crippen LogP contribution in [0, 0.1) is 6.92 Å². The van der Waals surface area contributed by atoms with Crippen LogP contribution in [-0.2, 0) is 18.8 Å². The lowest BCUT2D eigenvalue weighted by molar-refractivity contribution is 0.680. The first kappa shape index (κ1) is 13.1. The van der Waals surface area contributed by atoms with Gasteiger partial charge in [-0.05, 0) is 37.1 Å². The van der Waals surface area contributed by atoms with E-state index in [9.17, 15) is 0 Å². The van der Waals surface area contributed by atoms with Gasteiger partial charge in [-0.1, -0.05) is 6.07 Å². The van der Waals surface area contributed by atoms with Crippen LogP contribution in [0.1, 0.15) is 17.1 Å². The van der Waals surface area contributed by atoms with Crippen LogP contribution in [0.3, 0.4) is 0 Å². The molecule has 0 aliphatic carbocycles. The largest absolute Gasteiger partial charge is 0.311 e. The standard InChI is InChI=1S/C15H15ClN4/c1-11-4-5-13-15(18-11)20(14(9-16)19-13)8-6-12-3-2-7-17-10-12/h2-5,7,10H,6,8-9H2,1H3. The first-order valence-corrected chi connectivity index (χ1v) is 7.09. The minimum atomic E-state index is 0.391. The molecule has 3 rings (SSSR count). The monoisotopic (exact) mass is 286 g/mol. The first-order valence-electron chi connectivity index (χ1n) is 6.55. The van der Waals surface area contributed by atoms with E-state index in [1.165, 1.54) is 5.56 Å². The maximum atomic E-state index is 6.00. The van der Waals surface area contributed by atoms with Gasteiger partial charge >= 0.3 is 0 Å². The SMILES string of the molecule is Cc1ccc2nc(CCl)n(CCc3cccnc3)c2n1. The second-order valence-electron chi connectivity index (χ2n) is 4.72. The molecule has 0 amide bonds. The molecule has 0 aromatic carbocycles. The van der Waals surface area contributed by atoms with E-state index in [4.69, 9.17) is 11.6 Å². The van der Waals surface area contributed by atoms with E-state index >= 15 is 0 Å². The maximum Gasteiger partial charge on any atom is 0.160 e. The molecule has 0 fully saturated rings. The van der Waals surface area contributed by atoms with Gasteiger partial charge in [0.2, 0.25) is 0 Å². The summed E-state index contributed by atoms with van der Waals surface area (Å²) in [6.07, 6.45) is 4.56. The molecular weight excluding hydrogens is 272 g/mol. The molecular formula is C15H15ClN4. The fourth-order valence-corrected chi connectivity index (χ4v) is 2.47. The van der Waals surface area contributed by atoms with Crippen LogP contribution in [0.25, 0.3) is 11.2 Å². The predicted molar refractivity (Wildman–Crippen MR) is 79.8 cm³/mol. The summed E-state index contributed by atoms with van der Waals surface area (Å²) in [7, 11) is 0. The number of hydrogen-bond donors (Lipinski definition) is 0. The van der Waals surface area contributed by atoms with Crippen LogP contribution in [0.5, 0.6) is 0 Å². The number of imidazole rings is 1. The highest BCUT2D eigenvalue weighted by atomic mass is 35.5. The Labute approximate surface area is 122 Å². The lowest BCUT2D eigenvalue weighted by Crippen LogP contribution is -2.06. The summed E-state index contributed by atoms with van der Waals surface area (Å²) in [5, 5.41) is 0. The number of aryl methyl sites for hydroxylation is 3. The number of pyridine rings is 2. The Morgan fingerprint density at radius 3 is 2.85 bits per heavy atom. The zero-order valence-corrected chi connectivity index (χ0v) is 12.0. The first-order chi connectivity index (χ1) is 9.78. The number of halogens is 1. The van der Waals surface area contributed by atoms with Crippen LogP contribution in [0.2, 0.25) is 0 Å². The number of alkyl halides is 1. The van der Waals surface area contributed by atoms with Crippen molar-refractivity contribution < 1.29 is 0 Å². The Balaban J connectivity index is 1.95. The Kier molecular flexibility index (Phi) is 3.65. The van der Waals surface area contributed by atoms with Crippen molar-refractivity contribution in [3.8, 4) is 0 Å². The van der Waals surface area contributed by atoms with Crippen molar-refractivity contribution in [2.24, 2.45) is 0 Å². The highest BCUT2D eigenvalue weighted by Gasteiger charge is 2.11. The molecule has 0 N–H and O–H groups in total. The molecule has 0 aliphatic heterocycles. The van der Waals surface area contributed by atoms with Gasteiger partial charge in [-0.15, -0.1) is 11.6 Å². The lowest BCUT2D eigenvalue weighted by atomic mass is 10.2. The van der Waals surface area contributed by atoms with Gasteiger partial charge in [0.15, 0.2) is 5.65 Å². The van der Waals surface area contributed by atoms with E-state index in [1.807, 2.05) is 31.3 Å². The van der Waals surface area contributed by atoms with Crippen molar-refractivity contribution >= 4 is 22.8 Å². The number of nitrogens with zero attached hydrogens (tertiary/aromatic N) is 4. The van der Waals surface area contributed by atoms with Crippen molar-refractivity contribution in [2.75, 3.05) is 0 Å². The minimum absolute atomic E-state index is 0.391. The van der Waals surface area contributed by atoms with Crippen molar-refractivity contribution in [2.45, 2.75) is 25.8 Å². The van der Waals surface area contributed by atoms with Crippen molar-refractivity contribution in [1.29, 1.82) is 0 Å². The maximum absolute atomic E-state index is 6.00. The van der Waals surface area contributed by atoms with Gasteiger partial charge in [0.25, 0.3) is 0 Å². The Morgan fingerprint density at radius 1 is 1.20 bits per heavy atom. The van der Waals surface area contributed by atoms with Gasteiger partial charge in [0.05, 0.1) is 5.88 Å². The van der Waals surface area contributed by atoms with Crippen molar-refractivity contribution in [3.63, 3.8) is 0 Å². The van der Waals surface area contributed by atoms with Crippen molar-refractivity contribution in [1.82, 2.24) is 19.5 Å². The van der Waals surface area contributed by atoms with Gasteiger partial charge in [0, 0.05) is 24.6 Å². The molecule has 3 aromatic heterocycles. The quantitative estimate of drug-likeness (QED) is 0.692. The minimum Gasteiger partial charge on any atom is -0.311 e. The number of hydrogen-bond acceptors (Lipinski definition) is 3. The van der Waals surface area contributed by atoms with Gasteiger partial charge in [0.1, 0.15) is 11.3 Å². The smallest absolute Gasteiger partial charge is 0.160 e. The van der Waals surface area contributed by atoms with Crippen molar-refractivity contribution in [3.05, 3.63) is 53.7 Å². The summed E-state index contributed by atoms with van der Waals surface area (Å²) in [4.78, 5) is 13.3. The van der Waals surface area contributed by atoms with E-state index in [2.05, 4.69) is 25.6 Å². The molecule has 0 saturated heterocycles. The van der Waals surface area contributed by atoms with Crippen LogP contribution < -0.4 is 0 Å². The van der Waals surface area contributed by atoms with Gasteiger partial charge in [-0.2, -0.15) is 0 Å². The Bertz CT molecular complexity index is 721. The van der Waals surface area contributed by atoms with E-state index in [1.54, 1.807) is 6.20 Å². The second-order valence-corrected chi connectivity index (χ2v) is 4.99. The third-order valence-electron chi connectivity index (χ3n) is 3.28. The van der Waals surface area contributed by atoms with Crippen LogP contribution in [0.15, 0.2) is 36.7 Å². The summed E-state index contributed by atoms with van der Waals surface area (Å²) < 4.78 is 2.10. The molecule has 0 atom stereocenters. The van der Waals surface area contributed by atoms with Crippen LogP contribution >= 0.6 is 11.6 Å². The summed E-state index contributed by atoms with van der Waals surface area (Å²) in [5.41, 5.74) is 3.99.